The second-order valence-corrected chi connectivity index (χ2v) is 6.71. The first kappa shape index (κ1) is 15.9. The number of benzene rings is 1. The number of amides is 1. The number of rotatable bonds is 3. The van der Waals surface area contributed by atoms with Gasteiger partial charge in [-0.05, 0) is 18.4 Å². The molecule has 0 fully saturated rings. The summed E-state index contributed by atoms with van der Waals surface area (Å²) in [5.41, 5.74) is 0.971. The van der Waals surface area contributed by atoms with E-state index in [4.69, 9.17) is 0 Å². The van der Waals surface area contributed by atoms with Gasteiger partial charge in [-0.25, -0.2) is 9.48 Å². The summed E-state index contributed by atoms with van der Waals surface area (Å²) in [5.74, 6) is 1.07. The van der Waals surface area contributed by atoms with Crippen LogP contribution in [-0.2, 0) is 24.3 Å². The fourth-order valence-electron chi connectivity index (χ4n) is 3.62. The Balaban J connectivity index is 1.48. The number of aromatic nitrogens is 3. The average molecular weight is 338 g/mol. The summed E-state index contributed by atoms with van der Waals surface area (Å²) in [6, 6.07) is 9.87. The number of hydrogen-bond acceptors (Lipinski definition) is 3. The lowest BCUT2D eigenvalue weighted by molar-refractivity contribution is -0.135. The second kappa shape index (κ2) is 6.70. The van der Waals surface area contributed by atoms with Gasteiger partial charge in [0.05, 0.1) is 6.54 Å². The highest BCUT2D eigenvalue weighted by molar-refractivity contribution is 5.79. The molecule has 2 aromatic rings. The number of carbonyl (C=O) groups excluding carboxylic acids is 1. The first-order valence-corrected chi connectivity index (χ1v) is 8.86. The molecule has 0 N–H and O–H groups in total. The molecule has 130 valence electrons. The van der Waals surface area contributed by atoms with Crippen molar-refractivity contribution in [3.63, 3.8) is 0 Å². The van der Waals surface area contributed by atoms with E-state index >= 15 is 0 Å². The van der Waals surface area contributed by atoms with Crippen LogP contribution in [0, 0.1) is 5.92 Å². The van der Waals surface area contributed by atoms with Crippen LogP contribution in [0.25, 0.3) is 0 Å². The fourth-order valence-corrected chi connectivity index (χ4v) is 3.62. The van der Waals surface area contributed by atoms with Crippen LogP contribution in [0.1, 0.15) is 24.2 Å². The van der Waals surface area contributed by atoms with E-state index in [0.717, 1.165) is 24.2 Å². The maximum absolute atomic E-state index is 12.7. The van der Waals surface area contributed by atoms with Crippen molar-refractivity contribution >= 4 is 5.91 Å². The molecule has 0 radical (unpaired) electrons. The highest BCUT2D eigenvalue weighted by Crippen LogP contribution is 2.21. The smallest absolute Gasteiger partial charge is 0.340 e. The Morgan fingerprint density at radius 3 is 2.60 bits per heavy atom. The molecule has 2 aliphatic rings. The van der Waals surface area contributed by atoms with Crippen molar-refractivity contribution in [3.8, 4) is 0 Å². The maximum atomic E-state index is 12.7. The van der Waals surface area contributed by atoms with E-state index in [0.29, 0.717) is 32.6 Å². The van der Waals surface area contributed by atoms with Crippen molar-refractivity contribution in [1.82, 2.24) is 19.2 Å². The van der Waals surface area contributed by atoms with E-state index in [1.807, 2.05) is 35.2 Å². The monoisotopic (exact) mass is 338 g/mol. The van der Waals surface area contributed by atoms with Crippen LogP contribution in [0.4, 0.5) is 0 Å². The largest absolute Gasteiger partial charge is 0.346 e. The Morgan fingerprint density at radius 1 is 1.08 bits per heavy atom. The average Bonchev–Trinajstić information content (AvgIpc) is 3.20. The van der Waals surface area contributed by atoms with E-state index in [1.54, 1.807) is 4.57 Å². The van der Waals surface area contributed by atoms with Gasteiger partial charge in [-0.3, -0.25) is 9.36 Å². The van der Waals surface area contributed by atoms with Gasteiger partial charge in [0.15, 0.2) is 0 Å². The molecule has 0 unspecified atom stereocenters. The predicted molar refractivity (Wildman–Crippen MR) is 94.2 cm³/mol. The molecule has 6 nitrogen and oxygen atoms in total. The van der Waals surface area contributed by atoms with Gasteiger partial charge in [0, 0.05) is 32.0 Å². The minimum absolute atomic E-state index is 0.0835. The van der Waals surface area contributed by atoms with E-state index in [-0.39, 0.29) is 17.5 Å². The van der Waals surface area contributed by atoms with Gasteiger partial charge < -0.3 is 4.90 Å². The predicted octanol–water partition coefficient (Wildman–Crippen LogP) is 1.44. The van der Waals surface area contributed by atoms with Gasteiger partial charge in [0.1, 0.15) is 5.82 Å². The second-order valence-electron chi connectivity index (χ2n) is 6.71. The summed E-state index contributed by atoms with van der Waals surface area (Å²) in [7, 11) is 0. The summed E-state index contributed by atoms with van der Waals surface area (Å²) < 4.78 is 3.26. The summed E-state index contributed by atoms with van der Waals surface area (Å²) in [6.07, 6.45) is 6.46. The van der Waals surface area contributed by atoms with Gasteiger partial charge in [0.25, 0.3) is 0 Å². The van der Waals surface area contributed by atoms with Crippen LogP contribution < -0.4 is 5.69 Å². The van der Waals surface area contributed by atoms with Crippen LogP contribution >= 0.6 is 0 Å². The van der Waals surface area contributed by atoms with Crippen LogP contribution in [0.3, 0.4) is 0 Å². The lowest BCUT2D eigenvalue weighted by Gasteiger charge is -2.23. The normalized spacial score (nSPS) is 17.5. The highest BCUT2D eigenvalue weighted by atomic mass is 16.2. The third-order valence-corrected chi connectivity index (χ3v) is 5.04. The molecule has 6 heteroatoms. The van der Waals surface area contributed by atoms with Gasteiger partial charge in [-0.1, -0.05) is 42.5 Å². The Bertz CT molecular complexity index is 842. The minimum Gasteiger partial charge on any atom is -0.340 e. The van der Waals surface area contributed by atoms with Crippen LogP contribution in [0.5, 0.6) is 0 Å². The summed E-state index contributed by atoms with van der Waals surface area (Å²) in [4.78, 5) is 27.1. The molecule has 0 bridgehead atoms. The van der Waals surface area contributed by atoms with Crippen molar-refractivity contribution in [2.24, 2.45) is 5.92 Å². The zero-order valence-electron chi connectivity index (χ0n) is 14.2. The minimum atomic E-state index is -0.0873. The Morgan fingerprint density at radius 2 is 1.84 bits per heavy atom. The number of nitrogens with zero attached hydrogens (tertiary/aromatic N) is 4. The molecule has 2 heterocycles. The standard InChI is InChI=1S/C19H22N4O2/c24-18(16-8-4-5-9-16)21-11-10-17-20-23(19(25)22(17)13-12-21)14-15-6-2-1-3-7-15/h1-7,16H,8-14H2. The van der Waals surface area contributed by atoms with Crippen LogP contribution in [0.2, 0.25) is 0 Å². The molecule has 4 rings (SSSR count). The molecule has 1 aromatic heterocycles. The number of allylic oxidation sites excluding steroid dienone is 2. The summed E-state index contributed by atoms with van der Waals surface area (Å²) in [5, 5.41) is 4.51. The van der Waals surface area contributed by atoms with Crippen LogP contribution in [0.15, 0.2) is 47.3 Å². The molecule has 1 amide bonds. The van der Waals surface area contributed by atoms with Crippen molar-refractivity contribution < 1.29 is 4.79 Å². The molecular weight excluding hydrogens is 316 g/mol. The third-order valence-electron chi connectivity index (χ3n) is 5.04. The first-order valence-electron chi connectivity index (χ1n) is 8.86. The molecule has 0 spiro atoms. The number of carbonyl (C=O) groups is 1. The zero-order chi connectivity index (χ0) is 17.2. The SMILES string of the molecule is O=C(C1CC=CC1)N1CCc2nn(Cc3ccccc3)c(=O)n2CC1. The number of fused-ring (bicyclic) bond motifs is 1. The Labute approximate surface area is 146 Å². The Kier molecular flexibility index (Phi) is 4.26. The third kappa shape index (κ3) is 3.16. The summed E-state index contributed by atoms with van der Waals surface area (Å²) in [6.45, 7) is 2.22. The highest BCUT2D eigenvalue weighted by Gasteiger charge is 2.27. The van der Waals surface area contributed by atoms with E-state index in [1.165, 1.54) is 4.68 Å². The molecule has 0 saturated heterocycles. The van der Waals surface area contributed by atoms with Crippen molar-refractivity contribution in [1.29, 1.82) is 0 Å². The van der Waals surface area contributed by atoms with E-state index in [9.17, 15) is 9.59 Å². The molecule has 25 heavy (non-hydrogen) atoms. The van der Waals surface area contributed by atoms with Gasteiger partial charge in [-0.15, -0.1) is 0 Å². The fraction of sp³-hybridized carbons (Fsp3) is 0.421. The van der Waals surface area contributed by atoms with Crippen molar-refractivity contribution in [2.75, 3.05) is 13.1 Å². The molecule has 0 atom stereocenters. The molecule has 1 aliphatic carbocycles. The maximum Gasteiger partial charge on any atom is 0.346 e. The first-order chi connectivity index (χ1) is 12.2. The quantitative estimate of drug-likeness (QED) is 0.796. The summed E-state index contributed by atoms with van der Waals surface area (Å²) >= 11 is 0. The molecule has 0 saturated carbocycles. The number of hydrogen-bond donors (Lipinski definition) is 0. The van der Waals surface area contributed by atoms with E-state index in [2.05, 4.69) is 17.3 Å². The Hall–Kier alpha value is -2.63. The van der Waals surface area contributed by atoms with Gasteiger partial charge >= 0.3 is 5.69 Å². The molecule has 1 aliphatic heterocycles. The van der Waals surface area contributed by atoms with Crippen LogP contribution in [-0.4, -0.2) is 38.2 Å². The molecule has 1 aromatic carbocycles. The lowest BCUT2D eigenvalue weighted by atomic mass is 10.1. The zero-order valence-corrected chi connectivity index (χ0v) is 14.2. The van der Waals surface area contributed by atoms with Gasteiger partial charge in [-0.2, -0.15) is 5.10 Å². The lowest BCUT2D eigenvalue weighted by Crippen LogP contribution is -2.38. The van der Waals surface area contributed by atoms with Crippen molar-refractivity contribution in [2.45, 2.75) is 32.4 Å². The van der Waals surface area contributed by atoms with Gasteiger partial charge in [0.2, 0.25) is 5.91 Å². The molecular formula is C19H22N4O2. The van der Waals surface area contributed by atoms with E-state index < -0.39 is 0 Å². The topological polar surface area (TPSA) is 60.1 Å². The van der Waals surface area contributed by atoms with Crippen molar-refractivity contribution in [3.05, 3.63) is 64.4 Å².